The maximum Gasteiger partial charge on any atom is 0.0803 e. The first-order valence-corrected chi connectivity index (χ1v) is 3.64. The SMILES string of the molecule is CSOC1(C)CC1. The molecule has 0 heterocycles. The lowest BCUT2D eigenvalue weighted by molar-refractivity contribution is 0.244. The van der Waals surface area contributed by atoms with Crippen LogP contribution in [0.5, 0.6) is 0 Å². The highest BCUT2D eigenvalue weighted by Crippen LogP contribution is 2.40. The second-order valence-electron chi connectivity index (χ2n) is 2.20. The molecule has 0 aromatic heterocycles. The molecule has 0 amide bonds. The molecule has 0 aromatic carbocycles. The lowest BCUT2D eigenvalue weighted by Gasteiger charge is -2.03. The van der Waals surface area contributed by atoms with Crippen molar-refractivity contribution in [2.75, 3.05) is 6.26 Å². The van der Waals surface area contributed by atoms with E-state index in [0.717, 1.165) is 0 Å². The van der Waals surface area contributed by atoms with Crippen LogP contribution in [0.3, 0.4) is 0 Å². The fourth-order valence-electron chi connectivity index (χ4n) is 0.461. The van der Waals surface area contributed by atoms with Gasteiger partial charge in [0.15, 0.2) is 0 Å². The van der Waals surface area contributed by atoms with Gasteiger partial charge in [-0.2, -0.15) is 0 Å². The van der Waals surface area contributed by atoms with Gasteiger partial charge in [-0.3, -0.25) is 0 Å². The third-order valence-corrected chi connectivity index (χ3v) is 1.81. The molecule has 0 N–H and O–H groups in total. The van der Waals surface area contributed by atoms with Crippen molar-refractivity contribution in [1.29, 1.82) is 0 Å². The molecule has 1 aliphatic rings. The second kappa shape index (κ2) is 1.67. The molecule has 1 saturated carbocycles. The molecule has 0 aromatic rings. The summed E-state index contributed by atoms with van der Waals surface area (Å²) >= 11 is 1.47. The van der Waals surface area contributed by atoms with Gasteiger partial charge >= 0.3 is 0 Å². The highest BCUT2D eigenvalue weighted by atomic mass is 32.2. The van der Waals surface area contributed by atoms with Crippen molar-refractivity contribution in [3.8, 4) is 0 Å². The van der Waals surface area contributed by atoms with Gasteiger partial charge in [-0.1, -0.05) is 0 Å². The summed E-state index contributed by atoms with van der Waals surface area (Å²) in [5.74, 6) is 0. The quantitative estimate of drug-likeness (QED) is 0.512. The van der Waals surface area contributed by atoms with Gasteiger partial charge in [-0.25, -0.2) is 0 Å². The Morgan fingerprint density at radius 3 is 2.29 bits per heavy atom. The number of rotatable bonds is 2. The molecular weight excluding hydrogens is 108 g/mol. The smallest absolute Gasteiger partial charge is 0.0803 e. The fraction of sp³-hybridized carbons (Fsp3) is 1.00. The molecule has 42 valence electrons. The molecule has 0 atom stereocenters. The van der Waals surface area contributed by atoms with Crippen LogP contribution < -0.4 is 0 Å². The molecular formula is C5H10OS. The zero-order chi connectivity index (χ0) is 5.33. The van der Waals surface area contributed by atoms with E-state index in [-0.39, 0.29) is 5.60 Å². The Morgan fingerprint density at radius 2 is 2.14 bits per heavy atom. The summed E-state index contributed by atoms with van der Waals surface area (Å²) in [5.41, 5.74) is 0.263. The minimum atomic E-state index is 0.263. The summed E-state index contributed by atoms with van der Waals surface area (Å²) in [4.78, 5) is 0. The van der Waals surface area contributed by atoms with E-state index in [1.54, 1.807) is 0 Å². The second-order valence-corrected chi connectivity index (χ2v) is 2.70. The Bertz CT molecular complexity index is 68.5. The highest BCUT2D eigenvalue weighted by Gasteiger charge is 2.38. The maximum atomic E-state index is 5.26. The van der Waals surface area contributed by atoms with E-state index >= 15 is 0 Å². The van der Waals surface area contributed by atoms with Crippen LogP contribution in [0.25, 0.3) is 0 Å². The van der Waals surface area contributed by atoms with E-state index in [1.165, 1.54) is 24.9 Å². The predicted octanol–water partition coefficient (Wildman–Crippen LogP) is 1.83. The third-order valence-electron chi connectivity index (χ3n) is 1.24. The zero-order valence-electron chi connectivity index (χ0n) is 4.73. The van der Waals surface area contributed by atoms with Crippen LogP contribution in [-0.2, 0) is 4.18 Å². The van der Waals surface area contributed by atoms with Crippen molar-refractivity contribution in [3.63, 3.8) is 0 Å². The third kappa shape index (κ3) is 1.35. The average Bonchev–Trinajstić information content (AvgIpc) is 2.22. The molecule has 2 heteroatoms. The highest BCUT2D eigenvalue weighted by molar-refractivity contribution is 7.93. The van der Waals surface area contributed by atoms with Crippen LogP contribution in [0.2, 0.25) is 0 Å². The van der Waals surface area contributed by atoms with E-state index in [9.17, 15) is 0 Å². The zero-order valence-corrected chi connectivity index (χ0v) is 5.55. The Hall–Kier alpha value is 0.310. The standard InChI is InChI=1S/C5H10OS/c1-5(3-4-5)6-7-2/h3-4H2,1-2H3. The van der Waals surface area contributed by atoms with Gasteiger partial charge in [0.1, 0.15) is 0 Å². The van der Waals surface area contributed by atoms with Crippen LogP contribution in [0.4, 0.5) is 0 Å². The summed E-state index contributed by atoms with van der Waals surface area (Å²) < 4.78 is 5.26. The molecule has 0 unspecified atom stereocenters. The number of hydrogen-bond donors (Lipinski definition) is 0. The molecule has 0 aliphatic heterocycles. The Kier molecular flexibility index (Phi) is 1.30. The van der Waals surface area contributed by atoms with Crippen molar-refractivity contribution >= 4 is 12.0 Å². The molecule has 0 saturated heterocycles. The van der Waals surface area contributed by atoms with Gasteiger partial charge in [-0.05, 0) is 31.8 Å². The van der Waals surface area contributed by atoms with Crippen molar-refractivity contribution in [3.05, 3.63) is 0 Å². The van der Waals surface area contributed by atoms with Crippen LogP contribution in [-0.4, -0.2) is 11.9 Å². The van der Waals surface area contributed by atoms with E-state index < -0.39 is 0 Å². The topological polar surface area (TPSA) is 9.23 Å². The summed E-state index contributed by atoms with van der Waals surface area (Å²) in [6.45, 7) is 2.14. The van der Waals surface area contributed by atoms with Gasteiger partial charge in [-0.15, -0.1) is 0 Å². The Labute approximate surface area is 48.6 Å². The summed E-state index contributed by atoms with van der Waals surface area (Å²) in [7, 11) is 0. The van der Waals surface area contributed by atoms with Crippen molar-refractivity contribution in [2.24, 2.45) is 0 Å². The van der Waals surface area contributed by atoms with Gasteiger partial charge in [0.2, 0.25) is 0 Å². The molecule has 1 rings (SSSR count). The molecule has 1 aliphatic carbocycles. The lowest BCUT2D eigenvalue weighted by atomic mass is 10.4. The summed E-state index contributed by atoms with van der Waals surface area (Å²) in [6.07, 6.45) is 4.45. The lowest BCUT2D eigenvalue weighted by Crippen LogP contribution is -2.00. The van der Waals surface area contributed by atoms with Crippen molar-refractivity contribution in [1.82, 2.24) is 0 Å². The first-order chi connectivity index (χ1) is 3.27. The molecule has 7 heavy (non-hydrogen) atoms. The first kappa shape index (κ1) is 5.45. The van der Waals surface area contributed by atoms with E-state index in [0.29, 0.717) is 0 Å². The molecule has 0 spiro atoms. The van der Waals surface area contributed by atoms with Crippen molar-refractivity contribution < 1.29 is 4.18 Å². The van der Waals surface area contributed by atoms with Crippen LogP contribution in [0, 0.1) is 0 Å². The van der Waals surface area contributed by atoms with Crippen LogP contribution >= 0.6 is 12.0 Å². The van der Waals surface area contributed by atoms with Crippen molar-refractivity contribution in [2.45, 2.75) is 25.4 Å². The van der Waals surface area contributed by atoms with Gasteiger partial charge in [0.05, 0.1) is 5.60 Å². The van der Waals surface area contributed by atoms with E-state index in [2.05, 4.69) is 6.92 Å². The minimum Gasteiger partial charge on any atom is -0.309 e. The summed E-state index contributed by atoms with van der Waals surface area (Å²) in [6, 6.07) is 0. The van der Waals surface area contributed by atoms with E-state index in [4.69, 9.17) is 4.18 Å². The van der Waals surface area contributed by atoms with Crippen LogP contribution in [0.1, 0.15) is 19.8 Å². The van der Waals surface area contributed by atoms with Gasteiger partial charge in [0.25, 0.3) is 0 Å². The molecule has 1 fully saturated rings. The van der Waals surface area contributed by atoms with Gasteiger partial charge in [0, 0.05) is 6.26 Å². The van der Waals surface area contributed by atoms with Gasteiger partial charge < -0.3 is 4.18 Å². The molecule has 1 nitrogen and oxygen atoms in total. The normalized spacial score (nSPS) is 24.9. The van der Waals surface area contributed by atoms with E-state index in [1.807, 2.05) is 6.26 Å². The number of hydrogen-bond acceptors (Lipinski definition) is 2. The Morgan fingerprint density at radius 1 is 1.57 bits per heavy atom. The monoisotopic (exact) mass is 118 g/mol. The average molecular weight is 118 g/mol. The first-order valence-electron chi connectivity index (χ1n) is 2.49. The molecule has 0 radical (unpaired) electrons. The largest absolute Gasteiger partial charge is 0.309 e. The maximum absolute atomic E-state index is 5.26. The Balaban J connectivity index is 2.13. The molecule has 0 bridgehead atoms. The predicted molar refractivity (Wildman–Crippen MR) is 32.2 cm³/mol. The summed E-state index contributed by atoms with van der Waals surface area (Å²) in [5, 5.41) is 0. The fourth-order valence-corrected chi connectivity index (χ4v) is 1.03. The minimum absolute atomic E-state index is 0.263. The van der Waals surface area contributed by atoms with Crippen LogP contribution in [0.15, 0.2) is 0 Å².